The first-order valence-corrected chi connectivity index (χ1v) is 6.76. The van der Waals surface area contributed by atoms with E-state index in [9.17, 15) is 0 Å². The van der Waals surface area contributed by atoms with E-state index >= 15 is 0 Å². The van der Waals surface area contributed by atoms with Crippen molar-refractivity contribution in [3.8, 4) is 0 Å². The predicted molar refractivity (Wildman–Crippen MR) is 73.3 cm³/mol. The summed E-state index contributed by atoms with van der Waals surface area (Å²) in [5.41, 5.74) is 2.65. The van der Waals surface area contributed by atoms with Gasteiger partial charge in [-0.1, -0.05) is 0 Å². The molecule has 2 heterocycles. The molecule has 2 aromatic heterocycles. The minimum absolute atomic E-state index is 0.342. The molecule has 2 aromatic rings. The molecule has 3 heteroatoms. The molecule has 0 aliphatic heterocycles. The lowest BCUT2D eigenvalue weighted by molar-refractivity contribution is 0.498. The van der Waals surface area contributed by atoms with E-state index in [0.29, 0.717) is 12.1 Å². The van der Waals surface area contributed by atoms with E-state index in [1.807, 2.05) is 23.7 Å². The van der Waals surface area contributed by atoms with Gasteiger partial charge in [0.05, 0.1) is 0 Å². The summed E-state index contributed by atoms with van der Waals surface area (Å²) in [6.07, 6.45) is 3.68. The quantitative estimate of drug-likeness (QED) is 0.886. The molecule has 0 saturated carbocycles. The first kappa shape index (κ1) is 12.3. The summed E-state index contributed by atoms with van der Waals surface area (Å²) in [5, 5.41) is 5.77. The van der Waals surface area contributed by atoms with Crippen LogP contribution in [0.15, 0.2) is 36.0 Å². The Balaban J connectivity index is 2.05. The molecule has 0 amide bonds. The van der Waals surface area contributed by atoms with Gasteiger partial charge in [0, 0.05) is 29.4 Å². The summed E-state index contributed by atoms with van der Waals surface area (Å²) in [5.74, 6) is 0. The Kier molecular flexibility index (Phi) is 3.92. The van der Waals surface area contributed by atoms with E-state index in [-0.39, 0.29) is 0 Å². The van der Waals surface area contributed by atoms with Crippen LogP contribution in [0, 0.1) is 6.92 Å². The minimum Gasteiger partial charge on any atom is -0.303 e. The Morgan fingerprint density at radius 1 is 1.12 bits per heavy atom. The summed E-state index contributed by atoms with van der Waals surface area (Å²) < 4.78 is 0. The third-order valence-electron chi connectivity index (χ3n) is 3.00. The van der Waals surface area contributed by atoms with Gasteiger partial charge >= 0.3 is 0 Å². The molecule has 0 bridgehead atoms. The second kappa shape index (κ2) is 5.43. The standard InChI is InChI=1S/C14H18N2S/c1-10-6-9-17-14(10)12(3)16-11(2)13-4-7-15-8-5-13/h4-9,11-12,16H,1-3H3. The molecule has 90 valence electrons. The number of hydrogen-bond acceptors (Lipinski definition) is 3. The average molecular weight is 246 g/mol. The maximum absolute atomic E-state index is 4.05. The van der Waals surface area contributed by atoms with Crippen LogP contribution in [-0.2, 0) is 0 Å². The van der Waals surface area contributed by atoms with E-state index in [4.69, 9.17) is 0 Å². The van der Waals surface area contributed by atoms with Gasteiger partial charge in [0.25, 0.3) is 0 Å². The van der Waals surface area contributed by atoms with Gasteiger partial charge in [-0.05, 0) is 55.5 Å². The first-order chi connectivity index (χ1) is 8.18. The van der Waals surface area contributed by atoms with Gasteiger partial charge in [-0.3, -0.25) is 4.98 Å². The molecule has 0 saturated heterocycles. The van der Waals surface area contributed by atoms with Crippen molar-refractivity contribution in [3.63, 3.8) is 0 Å². The monoisotopic (exact) mass is 246 g/mol. The zero-order valence-corrected chi connectivity index (χ0v) is 11.3. The van der Waals surface area contributed by atoms with Crippen LogP contribution in [0.25, 0.3) is 0 Å². The second-order valence-corrected chi connectivity index (χ2v) is 5.31. The summed E-state index contributed by atoms with van der Waals surface area (Å²) in [6.45, 7) is 6.58. The number of nitrogens with zero attached hydrogens (tertiary/aromatic N) is 1. The fourth-order valence-corrected chi connectivity index (χ4v) is 2.97. The summed E-state index contributed by atoms with van der Waals surface area (Å²) >= 11 is 1.82. The van der Waals surface area contributed by atoms with E-state index in [1.54, 1.807) is 0 Å². The van der Waals surface area contributed by atoms with Crippen LogP contribution in [0.2, 0.25) is 0 Å². The maximum Gasteiger partial charge on any atom is 0.0393 e. The summed E-state index contributed by atoms with van der Waals surface area (Å²) in [4.78, 5) is 5.47. The fourth-order valence-electron chi connectivity index (χ4n) is 2.03. The Morgan fingerprint density at radius 2 is 1.82 bits per heavy atom. The maximum atomic E-state index is 4.05. The highest BCUT2D eigenvalue weighted by Gasteiger charge is 2.13. The van der Waals surface area contributed by atoms with Crippen molar-refractivity contribution in [2.24, 2.45) is 0 Å². The lowest BCUT2D eigenvalue weighted by atomic mass is 10.1. The van der Waals surface area contributed by atoms with Crippen LogP contribution in [0.1, 0.15) is 41.9 Å². The third-order valence-corrected chi connectivity index (χ3v) is 4.20. The number of pyridine rings is 1. The van der Waals surface area contributed by atoms with Gasteiger partial charge in [0.15, 0.2) is 0 Å². The van der Waals surface area contributed by atoms with Gasteiger partial charge in [-0.2, -0.15) is 0 Å². The van der Waals surface area contributed by atoms with E-state index < -0.39 is 0 Å². The van der Waals surface area contributed by atoms with Crippen molar-refractivity contribution in [3.05, 3.63) is 52.0 Å². The van der Waals surface area contributed by atoms with E-state index in [2.05, 4.69) is 54.7 Å². The van der Waals surface area contributed by atoms with Crippen molar-refractivity contribution in [2.75, 3.05) is 0 Å². The lowest BCUT2D eigenvalue weighted by Crippen LogP contribution is -2.22. The first-order valence-electron chi connectivity index (χ1n) is 5.88. The Hall–Kier alpha value is -1.19. The molecular formula is C14H18N2S. The van der Waals surface area contributed by atoms with Crippen LogP contribution < -0.4 is 5.32 Å². The zero-order chi connectivity index (χ0) is 12.3. The second-order valence-electron chi connectivity index (χ2n) is 4.36. The van der Waals surface area contributed by atoms with Crippen LogP contribution in [0.3, 0.4) is 0 Å². The van der Waals surface area contributed by atoms with Crippen LogP contribution in [-0.4, -0.2) is 4.98 Å². The number of aromatic nitrogens is 1. The van der Waals surface area contributed by atoms with E-state index in [1.165, 1.54) is 16.0 Å². The molecule has 2 nitrogen and oxygen atoms in total. The number of aryl methyl sites for hydroxylation is 1. The molecule has 2 atom stereocenters. The molecule has 0 fully saturated rings. The number of nitrogens with one attached hydrogen (secondary N) is 1. The molecule has 0 aliphatic carbocycles. The third kappa shape index (κ3) is 2.93. The van der Waals surface area contributed by atoms with Crippen molar-refractivity contribution < 1.29 is 0 Å². The summed E-state index contributed by atoms with van der Waals surface area (Å²) in [6, 6.07) is 7.03. The smallest absolute Gasteiger partial charge is 0.0393 e. The highest BCUT2D eigenvalue weighted by atomic mass is 32.1. The SMILES string of the molecule is Cc1ccsc1C(C)NC(C)c1ccncc1. The Bertz CT molecular complexity index is 464. The Morgan fingerprint density at radius 3 is 2.41 bits per heavy atom. The molecule has 2 rings (SSSR count). The van der Waals surface area contributed by atoms with Gasteiger partial charge < -0.3 is 5.32 Å². The van der Waals surface area contributed by atoms with Gasteiger partial charge in [-0.15, -0.1) is 11.3 Å². The zero-order valence-electron chi connectivity index (χ0n) is 10.5. The molecular weight excluding hydrogens is 228 g/mol. The highest BCUT2D eigenvalue weighted by Crippen LogP contribution is 2.25. The minimum atomic E-state index is 0.342. The molecule has 0 aliphatic rings. The normalized spacial score (nSPS) is 14.5. The van der Waals surface area contributed by atoms with E-state index in [0.717, 1.165) is 0 Å². The lowest BCUT2D eigenvalue weighted by Gasteiger charge is -2.20. The van der Waals surface area contributed by atoms with Crippen molar-refractivity contribution in [2.45, 2.75) is 32.9 Å². The van der Waals surface area contributed by atoms with Crippen LogP contribution in [0.4, 0.5) is 0 Å². The molecule has 17 heavy (non-hydrogen) atoms. The Labute approximate surface area is 107 Å². The largest absolute Gasteiger partial charge is 0.303 e. The van der Waals surface area contributed by atoms with Crippen LogP contribution in [0.5, 0.6) is 0 Å². The number of rotatable bonds is 4. The molecule has 0 spiro atoms. The molecule has 1 N–H and O–H groups in total. The van der Waals surface area contributed by atoms with Gasteiger partial charge in [0.2, 0.25) is 0 Å². The van der Waals surface area contributed by atoms with Crippen LogP contribution >= 0.6 is 11.3 Å². The topological polar surface area (TPSA) is 24.9 Å². The van der Waals surface area contributed by atoms with Crippen molar-refractivity contribution >= 4 is 11.3 Å². The summed E-state index contributed by atoms with van der Waals surface area (Å²) in [7, 11) is 0. The average Bonchev–Trinajstić information content (AvgIpc) is 2.76. The highest BCUT2D eigenvalue weighted by molar-refractivity contribution is 7.10. The molecule has 2 unspecified atom stereocenters. The number of hydrogen-bond donors (Lipinski definition) is 1. The number of thiophene rings is 1. The van der Waals surface area contributed by atoms with Gasteiger partial charge in [0.1, 0.15) is 0 Å². The van der Waals surface area contributed by atoms with Gasteiger partial charge in [-0.25, -0.2) is 0 Å². The molecule has 0 radical (unpaired) electrons. The molecule has 0 aromatic carbocycles. The van der Waals surface area contributed by atoms with Crippen molar-refractivity contribution in [1.29, 1.82) is 0 Å². The predicted octanol–water partition coefficient (Wildman–Crippen LogP) is 3.86. The fraction of sp³-hybridized carbons (Fsp3) is 0.357. The van der Waals surface area contributed by atoms with Crippen molar-refractivity contribution in [1.82, 2.24) is 10.3 Å².